The Balaban J connectivity index is 1.71. The molecule has 8 nitrogen and oxygen atoms in total. The first-order chi connectivity index (χ1) is 13.3. The summed E-state index contributed by atoms with van der Waals surface area (Å²) in [7, 11) is 0. The summed E-state index contributed by atoms with van der Waals surface area (Å²) in [5.41, 5.74) is 4.60. The van der Waals surface area contributed by atoms with Crippen molar-refractivity contribution >= 4 is 28.3 Å². The standard InChI is InChI=1S/C17H12F3N7O/c18-17(19,20)14-11(6-24-27-14)12-2-7-3-13(23-5-10(7)15(22)25-12)26-16(28)9-1-8(9)4-21/h2-3,5-6,8-9H,1H2,(H2,22,25)(H,24,27)(H,23,26,28)/t8-,9+/m0/s1. The number of pyridine rings is 2. The number of halogens is 3. The highest BCUT2D eigenvalue weighted by Gasteiger charge is 2.43. The Kier molecular flexibility index (Phi) is 3.92. The molecule has 3 aromatic heterocycles. The van der Waals surface area contributed by atoms with Gasteiger partial charge in [0.05, 0.1) is 35.4 Å². The number of H-pyrrole nitrogens is 1. The molecule has 0 saturated heterocycles. The summed E-state index contributed by atoms with van der Waals surface area (Å²) in [4.78, 5) is 20.2. The summed E-state index contributed by atoms with van der Waals surface area (Å²) >= 11 is 0. The van der Waals surface area contributed by atoms with Gasteiger partial charge in [-0.3, -0.25) is 9.89 Å². The third kappa shape index (κ3) is 3.09. The van der Waals surface area contributed by atoms with Crippen LogP contribution in [0.15, 0.2) is 24.5 Å². The molecule has 0 radical (unpaired) electrons. The van der Waals surface area contributed by atoms with Crippen molar-refractivity contribution < 1.29 is 18.0 Å². The van der Waals surface area contributed by atoms with Gasteiger partial charge in [0.15, 0.2) is 0 Å². The lowest BCUT2D eigenvalue weighted by Crippen LogP contribution is -2.15. The van der Waals surface area contributed by atoms with Crippen molar-refractivity contribution in [1.82, 2.24) is 20.2 Å². The van der Waals surface area contributed by atoms with E-state index in [1.165, 1.54) is 18.3 Å². The average Bonchev–Trinajstić information content (AvgIpc) is 3.25. The van der Waals surface area contributed by atoms with Crippen LogP contribution < -0.4 is 11.1 Å². The summed E-state index contributed by atoms with van der Waals surface area (Å²) in [6.45, 7) is 0. The number of anilines is 2. The van der Waals surface area contributed by atoms with Crippen molar-refractivity contribution in [2.45, 2.75) is 12.6 Å². The SMILES string of the molecule is N#C[C@@H]1C[C@H]1C(=O)Nc1cc2cc(-c3cn[nH]c3C(F)(F)F)nc(N)c2cn1. The van der Waals surface area contributed by atoms with Gasteiger partial charge in [0.25, 0.3) is 0 Å². The van der Waals surface area contributed by atoms with Crippen LogP contribution in [-0.4, -0.2) is 26.1 Å². The number of amides is 1. The molecule has 0 spiro atoms. The summed E-state index contributed by atoms with van der Waals surface area (Å²) in [5, 5.41) is 17.7. The molecule has 3 aromatic rings. The smallest absolute Gasteiger partial charge is 0.383 e. The van der Waals surface area contributed by atoms with E-state index in [9.17, 15) is 18.0 Å². The molecule has 28 heavy (non-hydrogen) atoms. The minimum Gasteiger partial charge on any atom is -0.383 e. The van der Waals surface area contributed by atoms with Gasteiger partial charge in [-0.05, 0) is 23.9 Å². The summed E-state index contributed by atoms with van der Waals surface area (Å²) < 4.78 is 39.4. The fourth-order valence-corrected chi connectivity index (χ4v) is 2.92. The number of hydrogen-bond donors (Lipinski definition) is 3. The van der Waals surface area contributed by atoms with Crippen LogP contribution in [0.2, 0.25) is 0 Å². The highest BCUT2D eigenvalue weighted by Crippen LogP contribution is 2.39. The Morgan fingerprint density at radius 2 is 2.14 bits per heavy atom. The number of aromatic amines is 1. The molecule has 0 aliphatic heterocycles. The monoisotopic (exact) mass is 387 g/mol. The maximum absolute atomic E-state index is 13.1. The zero-order chi connectivity index (χ0) is 20.1. The van der Waals surface area contributed by atoms with Crippen LogP contribution in [0.4, 0.5) is 24.8 Å². The third-order valence-corrected chi connectivity index (χ3v) is 4.49. The van der Waals surface area contributed by atoms with Crippen LogP contribution in [-0.2, 0) is 11.0 Å². The molecular weight excluding hydrogens is 375 g/mol. The lowest BCUT2D eigenvalue weighted by atomic mass is 10.1. The second kappa shape index (κ2) is 6.19. The number of nitriles is 1. The van der Waals surface area contributed by atoms with Crippen molar-refractivity contribution in [1.29, 1.82) is 5.26 Å². The molecule has 0 unspecified atom stereocenters. The zero-order valence-corrected chi connectivity index (χ0v) is 14.1. The molecule has 1 fully saturated rings. The van der Waals surface area contributed by atoms with Crippen LogP contribution in [0.5, 0.6) is 0 Å². The van der Waals surface area contributed by atoms with Gasteiger partial charge in [-0.25, -0.2) is 9.97 Å². The van der Waals surface area contributed by atoms with Gasteiger partial charge in [0.1, 0.15) is 17.3 Å². The molecule has 1 aliphatic rings. The molecule has 2 atom stereocenters. The van der Waals surface area contributed by atoms with E-state index < -0.39 is 11.9 Å². The van der Waals surface area contributed by atoms with E-state index in [-0.39, 0.29) is 40.6 Å². The van der Waals surface area contributed by atoms with E-state index in [0.29, 0.717) is 17.2 Å². The number of carbonyl (C=O) groups excluding carboxylic acids is 1. The molecule has 4 N–H and O–H groups in total. The highest BCUT2D eigenvalue weighted by atomic mass is 19.4. The van der Waals surface area contributed by atoms with Crippen LogP contribution in [0.25, 0.3) is 22.0 Å². The Morgan fingerprint density at radius 1 is 1.36 bits per heavy atom. The molecule has 1 aliphatic carbocycles. The maximum atomic E-state index is 13.1. The van der Waals surface area contributed by atoms with Crippen molar-refractivity contribution in [3.8, 4) is 17.3 Å². The molecule has 3 heterocycles. The van der Waals surface area contributed by atoms with Crippen LogP contribution in [0, 0.1) is 23.2 Å². The summed E-state index contributed by atoms with van der Waals surface area (Å²) in [6.07, 6.45) is -1.73. The summed E-state index contributed by atoms with van der Waals surface area (Å²) in [6, 6.07) is 4.93. The molecule has 11 heteroatoms. The number of carbonyl (C=O) groups is 1. The molecule has 4 rings (SSSR count). The van der Waals surface area contributed by atoms with Gasteiger partial charge in [0, 0.05) is 11.6 Å². The third-order valence-electron chi connectivity index (χ3n) is 4.49. The van der Waals surface area contributed by atoms with Gasteiger partial charge in [0.2, 0.25) is 5.91 Å². The van der Waals surface area contributed by atoms with Crippen LogP contribution in [0.1, 0.15) is 12.1 Å². The van der Waals surface area contributed by atoms with Crippen LogP contribution in [0.3, 0.4) is 0 Å². The number of alkyl halides is 3. The lowest BCUT2D eigenvalue weighted by Gasteiger charge is -2.10. The molecular formula is C17H12F3N7O. The van der Waals surface area contributed by atoms with Gasteiger partial charge in [-0.2, -0.15) is 23.5 Å². The number of fused-ring (bicyclic) bond motifs is 1. The summed E-state index contributed by atoms with van der Waals surface area (Å²) in [5.74, 6) is -0.788. The van der Waals surface area contributed by atoms with Crippen molar-refractivity contribution in [3.63, 3.8) is 0 Å². The zero-order valence-electron chi connectivity index (χ0n) is 14.1. The molecule has 0 bridgehead atoms. The largest absolute Gasteiger partial charge is 0.433 e. The quantitative estimate of drug-likeness (QED) is 0.633. The van der Waals surface area contributed by atoms with E-state index in [0.717, 1.165) is 6.20 Å². The number of nitrogens with two attached hydrogens (primary N) is 1. The highest BCUT2D eigenvalue weighted by molar-refractivity contribution is 5.98. The minimum absolute atomic E-state index is 0.000983. The number of aromatic nitrogens is 4. The maximum Gasteiger partial charge on any atom is 0.433 e. The number of rotatable bonds is 3. The van der Waals surface area contributed by atoms with E-state index in [1.807, 2.05) is 11.2 Å². The first kappa shape index (κ1) is 17.7. The van der Waals surface area contributed by atoms with Gasteiger partial charge in [-0.1, -0.05) is 0 Å². The topological polar surface area (TPSA) is 133 Å². The van der Waals surface area contributed by atoms with E-state index in [1.54, 1.807) is 0 Å². The van der Waals surface area contributed by atoms with Crippen molar-refractivity contribution in [2.75, 3.05) is 11.1 Å². The Morgan fingerprint density at radius 3 is 2.82 bits per heavy atom. The number of nitrogens with one attached hydrogen (secondary N) is 2. The second-order valence-corrected chi connectivity index (χ2v) is 6.41. The first-order valence-electron chi connectivity index (χ1n) is 8.15. The van der Waals surface area contributed by atoms with Gasteiger partial charge >= 0.3 is 6.18 Å². The molecule has 0 aromatic carbocycles. The molecule has 1 amide bonds. The predicted octanol–water partition coefficient (Wildman–Crippen LogP) is 2.72. The Bertz CT molecular complexity index is 1130. The number of nitrogens with zero attached hydrogens (tertiary/aromatic N) is 4. The Labute approximate surface area is 155 Å². The number of nitrogen functional groups attached to an aromatic ring is 1. The molecule has 142 valence electrons. The predicted molar refractivity (Wildman–Crippen MR) is 92.4 cm³/mol. The second-order valence-electron chi connectivity index (χ2n) is 6.41. The molecule has 1 saturated carbocycles. The van der Waals surface area contributed by atoms with Crippen LogP contribution >= 0.6 is 0 Å². The van der Waals surface area contributed by atoms with E-state index in [4.69, 9.17) is 11.0 Å². The number of hydrogen-bond acceptors (Lipinski definition) is 6. The average molecular weight is 387 g/mol. The Hall–Kier alpha value is -3.68. The fourth-order valence-electron chi connectivity index (χ4n) is 2.92. The van der Waals surface area contributed by atoms with E-state index >= 15 is 0 Å². The van der Waals surface area contributed by atoms with Crippen molar-refractivity contribution in [2.24, 2.45) is 11.8 Å². The van der Waals surface area contributed by atoms with Gasteiger partial charge < -0.3 is 11.1 Å². The van der Waals surface area contributed by atoms with E-state index in [2.05, 4.69) is 20.4 Å². The van der Waals surface area contributed by atoms with Crippen molar-refractivity contribution in [3.05, 3.63) is 30.2 Å². The normalized spacial score (nSPS) is 18.6. The lowest BCUT2D eigenvalue weighted by molar-refractivity contribution is -0.140. The first-order valence-corrected chi connectivity index (χ1v) is 8.15. The minimum atomic E-state index is -4.63. The van der Waals surface area contributed by atoms with Gasteiger partial charge in [-0.15, -0.1) is 0 Å². The fraction of sp³-hybridized carbons (Fsp3) is 0.235.